The Hall–Kier alpha value is -5.03. The highest BCUT2D eigenvalue weighted by molar-refractivity contribution is 7.07. The largest absolute Gasteiger partial charge is 0.493 e. The fourth-order valence-corrected chi connectivity index (χ4v) is 6.20. The van der Waals surface area contributed by atoms with Crippen LogP contribution in [0.2, 0.25) is 0 Å². The van der Waals surface area contributed by atoms with Gasteiger partial charge in [-0.15, -0.1) is 0 Å². The SMILES string of the molecule is CCOC(=O)C1=C(c2ccccc2)N=c2s/c(=C\c3cc(OC)c(OC)c(OC)c3)c(=O)n2[C@H]1c1cccc(OC)c1OC. The first-order chi connectivity index (χ1) is 21.4. The van der Waals surface area contributed by atoms with E-state index in [0.29, 0.717) is 60.5 Å². The highest BCUT2D eigenvalue weighted by atomic mass is 32.1. The summed E-state index contributed by atoms with van der Waals surface area (Å²) in [6, 6.07) is 17.2. The lowest BCUT2D eigenvalue weighted by molar-refractivity contribution is -0.138. The number of ether oxygens (including phenoxy) is 6. The van der Waals surface area contributed by atoms with Crippen LogP contribution < -0.4 is 38.6 Å². The van der Waals surface area contributed by atoms with Gasteiger partial charge in [-0.05, 0) is 36.8 Å². The Bertz CT molecular complexity index is 1890. The molecule has 10 nitrogen and oxygen atoms in total. The maximum atomic E-state index is 14.3. The summed E-state index contributed by atoms with van der Waals surface area (Å²) in [7, 11) is 7.62. The monoisotopic (exact) mass is 616 g/mol. The van der Waals surface area contributed by atoms with E-state index in [0.717, 1.165) is 0 Å². The average Bonchev–Trinajstić information content (AvgIpc) is 3.37. The zero-order valence-electron chi connectivity index (χ0n) is 25.2. The Labute approximate surface area is 258 Å². The quantitative estimate of drug-likeness (QED) is 0.247. The number of aromatic nitrogens is 1. The van der Waals surface area contributed by atoms with Crippen LogP contribution in [-0.4, -0.2) is 52.7 Å². The van der Waals surface area contributed by atoms with Gasteiger partial charge in [0.15, 0.2) is 27.8 Å². The Morgan fingerprint density at radius 1 is 0.864 bits per heavy atom. The van der Waals surface area contributed by atoms with Crippen LogP contribution in [0, 0.1) is 0 Å². The van der Waals surface area contributed by atoms with E-state index >= 15 is 0 Å². The molecule has 0 fully saturated rings. The van der Waals surface area contributed by atoms with Crippen LogP contribution in [0.1, 0.15) is 29.7 Å². The van der Waals surface area contributed by atoms with Crippen molar-refractivity contribution in [3.8, 4) is 28.7 Å². The van der Waals surface area contributed by atoms with E-state index in [1.54, 1.807) is 43.3 Å². The summed E-state index contributed by atoms with van der Waals surface area (Å²) in [5.41, 5.74) is 2.14. The number of rotatable bonds is 10. The van der Waals surface area contributed by atoms with E-state index in [1.165, 1.54) is 51.5 Å². The van der Waals surface area contributed by atoms with Gasteiger partial charge in [0, 0.05) is 11.1 Å². The van der Waals surface area contributed by atoms with Gasteiger partial charge in [0.05, 0.1) is 58.0 Å². The van der Waals surface area contributed by atoms with E-state index in [4.69, 9.17) is 33.4 Å². The molecule has 0 radical (unpaired) electrons. The molecule has 0 unspecified atom stereocenters. The summed E-state index contributed by atoms with van der Waals surface area (Å²) in [5.74, 6) is 1.57. The number of fused-ring (bicyclic) bond motifs is 1. The van der Waals surface area contributed by atoms with Crippen molar-refractivity contribution < 1.29 is 33.2 Å². The minimum Gasteiger partial charge on any atom is -0.493 e. The van der Waals surface area contributed by atoms with Crippen LogP contribution in [0.3, 0.4) is 0 Å². The summed E-state index contributed by atoms with van der Waals surface area (Å²) in [6.07, 6.45) is 1.73. The molecule has 44 heavy (non-hydrogen) atoms. The summed E-state index contributed by atoms with van der Waals surface area (Å²) >= 11 is 1.20. The van der Waals surface area contributed by atoms with E-state index in [9.17, 15) is 9.59 Å². The van der Waals surface area contributed by atoms with Crippen LogP contribution in [0.5, 0.6) is 28.7 Å². The molecule has 2 heterocycles. The van der Waals surface area contributed by atoms with E-state index in [1.807, 2.05) is 30.3 Å². The molecular weight excluding hydrogens is 584 g/mol. The highest BCUT2D eigenvalue weighted by Gasteiger charge is 2.37. The second-order valence-electron chi connectivity index (χ2n) is 9.47. The van der Waals surface area contributed by atoms with E-state index in [2.05, 4.69) is 0 Å². The number of para-hydroxylation sites is 1. The third kappa shape index (κ3) is 5.42. The second-order valence-corrected chi connectivity index (χ2v) is 10.5. The first-order valence-electron chi connectivity index (χ1n) is 13.7. The van der Waals surface area contributed by atoms with Crippen molar-refractivity contribution in [3.05, 3.63) is 103 Å². The number of methoxy groups -OCH3 is 5. The molecule has 0 bridgehead atoms. The Balaban J connectivity index is 1.86. The van der Waals surface area contributed by atoms with Gasteiger partial charge in [-0.2, -0.15) is 0 Å². The predicted octanol–water partition coefficient (Wildman–Crippen LogP) is 3.98. The molecule has 0 amide bonds. The van der Waals surface area contributed by atoms with Crippen LogP contribution >= 0.6 is 11.3 Å². The average molecular weight is 617 g/mol. The normalized spacial score (nSPS) is 14.4. The molecular formula is C33H32N2O8S. The topological polar surface area (TPSA) is 107 Å². The first-order valence-corrected chi connectivity index (χ1v) is 14.5. The molecule has 5 rings (SSSR count). The van der Waals surface area contributed by atoms with Gasteiger partial charge in [-0.1, -0.05) is 53.8 Å². The minimum atomic E-state index is -0.937. The smallest absolute Gasteiger partial charge is 0.338 e. The van der Waals surface area contributed by atoms with Gasteiger partial charge >= 0.3 is 5.97 Å². The van der Waals surface area contributed by atoms with E-state index in [-0.39, 0.29) is 17.7 Å². The minimum absolute atomic E-state index is 0.137. The van der Waals surface area contributed by atoms with Crippen molar-refractivity contribution in [1.29, 1.82) is 0 Å². The van der Waals surface area contributed by atoms with E-state index < -0.39 is 12.0 Å². The third-order valence-corrected chi connectivity index (χ3v) is 8.07. The predicted molar refractivity (Wildman–Crippen MR) is 167 cm³/mol. The van der Waals surface area contributed by atoms with Crippen molar-refractivity contribution >= 4 is 29.1 Å². The second kappa shape index (κ2) is 13.1. The van der Waals surface area contributed by atoms with Gasteiger partial charge in [-0.3, -0.25) is 9.36 Å². The molecule has 4 aromatic rings. The molecule has 0 spiro atoms. The lowest BCUT2D eigenvalue weighted by atomic mass is 9.92. The van der Waals surface area contributed by atoms with Gasteiger partial charge < -0.3 is 28.4 Å². The van der Waals surface area contributed by atoms with Gasteiger partial charge in [-0.25, -0.2) is 9.79 Å². The summed E-state index contributed by atoms with van der Waals surface area (Å²) in [4.78, 5) is 33.4. The number of nitrogens with zero attached hydrogens (tertiary/aromatic N) is 2. The van der Waals surface area contributed by atoms with Gasteiger partial charge in [0.1, 0.15) is 6.04 Å². The number of carbonyl (C=O) groups is 1. The first kappa shape index (κ1) is 30.4. The molecule has 1 atom stereocenters. The maximum absolute atomic E-state index is 14.3. The van der Waals surface area contributed by atoms with Crippen LogP contribution in [0.15, 0.2) is 76.0 Å². The summed E-state index contributed by atoms with van der Waals surface area (Å²) in [6.45, 7) is 1.87. The van der Waals surface area contributed by atoms with Gasteiger partial charge in [0.2, 0.25) is 5.75 Å². The maximum Gasteiger partial charge on any atom is 0.338 e. The number of hydrogen-bond acceptors (Lipinski definition) is 10. The number of thiazole rings is 1. The molecule has 0 saturated carbocycles. The Kier molecular flexibility index (Phi) is 9.05. The molecule has 0 saturated heterocycles. The number of esters is 1. The van der Waals surface area contributed by atoms with Gasteiger partial charge in [0.25, 0.3) is 5.56 Å². The van der Waals surface area contributed by atoms with Crippen molar-refractivity contribution in [2.45, 2.75) is 13.0 Å². The van der Waals surface area contributed by atoms with Crippen molar-refractivity contribution in [3.63, 3.8) is 0 Å². The molecule has 228 valence electrons. The summed E-state index contributed by atoms with van der Waals surface area (Å²) in [5, 5.41) is 0. The number of hydrogen-bond donors (Lipinski definition) is 0. The molecule has 1 aliphatic heterocycles. The lowest BCUT2D eigenvalue weighted by Crippen LogP contribution is -2.40. The molecule has 0 aliphatic carbocycles. The lowest BCUT2D eigenvalue weighted by Gasteiger charge is -2.27. The number of benzene rings is 3. The molecule has 11 heteroatoms. The van der Waals surface area contributed by atoms with Crippen molar-refractivity contribution in [2.75, 3.05) is 42.2 Å². The van der Waals surface area contributed by atoms with Crippen LogP contribution in [0.25, 0.3) is 11.8 Å². The van der Waals surface area contributed by atoms with Crippen LogP contribution in [0.4, 0.5) is 0 Å². The Morgan fingerprint density at radius 2 is 1.52 bits per heavy atom. The standard InChI is InChI=1S/C33H32N2O8S/c1-7-43-32(37)26-27(20-12-9-8-10-13-20)34-33-35(28(26)21-14-11-15-22(38-2)29(21)41-5)31(36)25(44-33)18-19-16-23(39-3)30(42-6)24(17-19)40-4/h8-18,28H,7H2,1-6H3/b25-18-/t28-/m0/s1. The molecule has 1 aliphatic rings. The van der Waals surface area contributed by atoms with Crippen molar-refractivity contribution in [1.82, 2.24) is 4.57 Å². The Morgan fingerprint density at radius 3 is 2.11 bits per heavy atom. The molecule has 0 N–H and O–H groups in total. The fraction of sp³-hybridized carbons (Fsp3) is 0.242. The molecule has 1 aromatic heterocycles. The summed E-state index contributed by atoms with van der Waals surface area (Å²) < 4.78 is 35.3. The van der Waals surface area contributed by atoms with Crippen molar-refractivity contribution in [2.24, 2.45) is 4.99 Å². The fourth-order valence-electron chi connectivity index (χ4n) is 5.20. The molecule has 3 aromatic carbocycles. The highest BCUT2D eigenvalue weighted by Crippen LogP contribution is 2.42. The number of carbonyl (C=O) groups excluding carboxylic acids is 1. The van der Waals surface area contributed by atoms with Crippen LogP contribution in [-0.2, 0) is 9.53 Å². The zero-order valence-corrected chi connectivity index (χ0v) is 26.0. The third-order valence-electron chi connectivity index (χ3n) is 7.09. The zero-order chi connectivity index (χ0) is 31.4.